The first-order valence-corrected chi connectivity index (χ1v) is 5.89. The number of nitrogens with one attached hydrogen (secondary N) is 1. The number of piperidine rings is 1. The highest BCUT2D eigenvalue weighted by atomic mass is 19.1. The largest absolute Gasteiger partial charge is 0.508 e. The summed E-state index contributed by atoms with van der Waals surface area (Å²) in [5.74, 6) is 0.294. The van der Waals surface area contributed by atoms with Gasteiger partial charge in [0.05, 0.1) is 0 Å². The molecule has 2 rings (SSSR count). The number of alkyl halides is 1. The van der Waals surface area contributed by atoms with E-state index in [9.17, 15) is 9.50 Å². The Morgan fingerprint density at radius 3 is 2.94 bits per heavy atom. The molecule has 1 aliphatic rings. The van der Waals surface area contributed by atoms with Gasteiger partial charge in [0, 0.05) is 18.9 Å². The Morgan fingerprint density at radius 2 is 2.25 bits per heavy atom. The van der Waals surface area contributed by atoms with Crippen LogP contribution in [0.15, 0.2) is 24.3 Å². The van der Waals surface area contributed by atoms with Crippen LogP contribution in [0.2, 0.25) is 0 Å². The molecule has 1 aromatic carbocycles. The Balaban J connectivity index is 1.96. The first-order chi connectivity index (χ1) is 7.77. The Hall–Kier alpha value is -1.09. The van der Waals surface area contributed by atoms with Gasteiger partial charge in [0.25, 0.3) is 0 Å². The highest BCUT2D eigenvalue weighted by Crippen LogP contribution is 2.24. The number of aromatic hydroxyl groups is 1. The van der Waals surface area contributed by atoms with Crippen molar-refractivity contribution in [2.24, 2.45) is 5.92 Å². The van der Waals surface area contributed by atoms with Crippen molar-refractivity contribution in [1.82, 2.24) is 5.32 Å². The van der Waals surface area contributed by atoms with Gasteiger partial charge in [-0.2, -0.15) is 0 Å². The number of halogens is 1. The van der Waals surface area contributed by atoms with Crippen LogP contribution in [0.5, 0.6) is 5.75 Å². The standard InChI is InChI=1S/C13H18FNO/c14-12(11-5-3-7-15-9-11)8-10-4-1-2-6-13(10)16/h1-2,4,6,11-12,15-16H,3,5,7-9H2. The van der Waals surface area contributed by atoms with E-state index in [1.807, 2.05) is 6.07 Å². The zero-order chi connectivity index (χ0) is 11.4. The van der Waals surface area contributed by atoms with Gasteiger partial charge in [0.15, 0.2) is 0 Å². The first-order valence-electron chi connectivity index (χ1n) is 5.89. The van der Waals surface area contributed by atoms with Gasteiger partial charge in [0.2, 0.25) is 0 Å². The van der Waals surface area contributed by atoms with Gasteiger partial charge in [-0.1, -0.05) is 18.2 Å². The number of hydrogen-bond donors (Lipinski definition) is 2. The molecule has 0 aliphatic carbocycles. The fourth-order valence-electron chi connectivity index (χ4n) is 2.25. The monoisotopic (exact) mass is 223 g/mol. The van der Waals surface area contributed by atoms with E-state index in [4.69, 9.17) is 0 Å². The lowest BCUT2D eigenvalue weighted by Gasteiger charge is -2.26. The molecule has 2 unspecified atom stereocenters. The van der Waals surface area contributed by atoms with E-state index in [1.54, 1.807) is 18.2 Å². The Morgan fingerprint density at radius 1 is 1.44 bits per heavy atom. The average molecular weight is 223 g/mol. The maximum atomic E-state index is 14.0. The van der Waals surface area contributed by atoms with Crippen LogP contribution in [-0.2, 0) is 6.42 Å². The molecule has 0 aromatic heterocycles. The van der Waals surface area contributed by atoms with E-state index in [1.165, 1.54) is 0 Å². The number of phenols is 1. The molecule has 1 saturated heterocycles. The smallest absolute Gasteiger partial charge is 0.118 e. The number of rotatable bonds is 3. The summed E-state index contributed by atoms with van der Waals surface area (Å²) in [5, 5.41) is 12.8. The van der Waals surface area contributed by atoms with Crippen molar-refractivity contribution >= 4 is 0 Å². The lowest BCUT2D eigenvalue weighted by molar-refractivity contribution is 0.190. The Bertz CT molecular complexity index is 336. The van der Waals surface area contributed by atoms with Crippen molar-refractivity contribution in [3.05, 3.63) is 29.8 Å². The third-order valence-electron chi connectivity index (χ3n) is 3.25. The van der Waals surface area contributed by atoms with Gasteiger partial charge >= 0.3 is 0 Å². The SMILES string of the molecule is Oc1ccccc1CC(F)C1CCCNC1. The van der Waals surface area contributed by atoms with E-state index in [0.29, 0.717) is 12.0 Å². The van der Waals surface area contributed by atoms with Gasteiger partial charge < -0.3 is 10.4 Å². The lowest BCUT2D eigenvalue weighted by atomic mass is 9.91. The molecule has 2 atom stereocenters. The fourth-order valence-corrected chi connectivity index (χ4v) is 2.25. The molecule has 1 fully saturated rings. The normalized spacial score (nSPS) is 22.9. The second kappa shape index (κ2) is 5.30. The lowest BCUT2D eigenvalue weighted by Crippen LogP contribution is -2.35. The van der Waals surface area contributed by atoms with Crippen LogP contribution in [0.3, 0.4) is 0 Å². The fraction of sp³-hybridized carbons (Fsp3) is 0.538. The summed E-state index contributed by atoms with van der Waals surface area (Å²) in [4.78, 5) is 0. The molecule has 0 spiro atoms. The summed E-state index contributed by atoms with van der Waals surface area (Å²) in [7, 11) is 0. The molecule has 1 heterocycles. The third kappa shape index (κ3) is 2.73. The van der Waals surface area contributed by atoms with E-state index in [0.717, 1.165) is 25.9 Å². The second-order valence-electron chi connectivity index (χ2n) is 4.46. The minimum Gasteiger partial charge on any atom is -0.508 e. The van der Waals surface area contributed by atoms with E-state index < -0.39 is 6.17 Å². The molecule has 0 saturated carbocycles. The molecular weight excluding hydrogens is 205 g/mol. The summed E-state index contributed by atoms with van der Waals surface area (Å²) < 4.78 is 14.0. The van der Waals surface area contributed by atoms with Crippen molar-refractivity contribution in [2.45, 2.75) is 25.4 Å². The molecule has 16 heavy (non-hydrogen) atoms. The van der Waals surface area contributed by atoms with E-state index >= 15 is 0 Å². The zero-order valence-electron chi connectivity index (χ0n) is 9.32. The number of phenolic OH excluding ortho intramolecular Hbond substituents is 1. The number of benzene rings is 1. The summed E-state index contributed by atoms with van der Waals surface area (Å²) in [6.45, 7) is 1.76. The second-order valence-corrected chi connectivity index (χ2v) is 4.46. The minimum absolute atomic E-state index is 0.0911. The van der Waals surface area contributed by atoms with Gasteiger partial charge in [-0.3, -0.25) is 0 Å². The van der Waals surface area contributed by atoms with Crippen LogP contribution >= 0.6 is 0 Å². The highest BCUT2D eigenvalue weighted by molar-refractivity contribution is 5.32. The molecule has 1 aliphatic heterocycles. The van der Waals surface area contributed by atoms with Crippen molar-refractivity contribution in [2.75, 3.05) is 13.1 Å². The number of hydrogen-bond acceptors (Lipinski definition) is 2. The molecule has 88 valence electrons. The zero-order valence-corrected chi connectivity index (χ0v) is 9.32. The van der Waals surface area contributed by atoms with Gasteiger partial charge in [-0.05, 0) is 31.0 Å². The topological polar surface area (TPSA) is 32.3 Å². The molecule has 2 N–H and O–H groups in total. The molecule has 2 nitrogen and oxygen atoms in total. The molecule has 0 bridgehead atoms. The molecule has 0 amide bonds. The van der Waals surface area contributed by atoms with Crippen molar-refractivity contribution in [3.63, 3.8) is 0 Å². The summed E-state index contributed by atoms with van der Waals surface area (Å²) in [6, 6.07) is 6.99. The van der Waals surface area contributed by atoms with Crippen LogP contribution in [0.25, 0.3) is 0 Å². The molecular formula is C13H18FNO. The summed E-state index contributed by atoms with van der Waals surface area (Å²) in [6.07, 6.45) is 1.45. The van der Waals surface area contributed by atoms with Crippen LogP contribution < -0.4 is 5.32 Å². The van der Waals surface area contributed by atoms with Gasteiger partial charge in [-0.25, -0.2) is 4.39 Å². The maximum Gasteiger partial charge on any atom is 0.118 e. The van der Waals surface area contributed by atoms with Crippen LogP contribution in [0.4, 0.5) is 4.39 Å². The number of para-hydroxylation sites is 1. The summed E-state index contributed by atoms with van der Waals surface area (Å²) in [5.41, 5.74) is 0.709. The third-order valence-corrected chi connectivity index (χ3v) is 3.25. The molecule has 1 aromatic rings. The quantitative estimate of drug-likeness (QED) is 0.824. The summed E-state index contributed by atoms with van der Waals surface area (Å²) >= 11 is 0. The van der Waals surface area contributed by atoms with Crippen LogP contribution in [-0.4, -0.2) is 24.4 Å². The van der Waals surface area contributed by atoms with Crippen molar-refractivity contribution in [3.8, 4) is 5.75 Å². The Kier molecular flexibility index (Phi) is 3.78. The average Bonchev–Trinajstić information content (AvgIpc) is 2.33. The van der Waals surface area contributed by atoms with E-state index in [2.05, 4.69) is 5.32 Å². The maximum absolute atomic E-state index is 14.0. The van der Waals surface area contributed by atoms with Crippen LogP contribution in [0, 0.1) is 5.92 Å². The van der Waals surface area contributed by atoms with Crippen LogP contribution in [0.1, 0.15) is 18.4 Å². The Labute approximate surface area is 95.5 Å². The van der Waals surface area contributed by atoms with Gasteiger partial charge in [0.1, 0.15) is 11.9 Å². The van der Waals surface area contributed by atoms with E-state index in [-0.39, 0.29) is 11.7 Å². The van der Waals surface area contributed by atoms with Crippen molar-refractivity contribution in [1.29, 1.82) is 0 Å². The van der Waals surface area contributed by atoms with Crippen molar-refractivity contribution < 1.29 is 9.50 Å². The van der Waals surface area contributed by atoms with Gasteiger partial charge in [-0.15, -0.1) is 0 Å². The molecule has 3 heteroatoms. The minimum atomic E-state index is -0.860. The highest BCUT2D eigenvalue weighted by Gasteiger charge is 2.23. The predicted molar refractivity (Wildman–Crippen MR) is 62.3 cm³/mol. The first kappa shape index (κ1) is 11.4. The predicted octanol–water partition coefficient (Wildman–Crippen LogP) is 2.27. The molecule has 0 radical (unpaired) electrons.